The van der Waals surface area contributed by atoms with E-state index in [0.717, 1.165) is 6.42 Å². The molecular weight excluding hydrogens is 220 g/mol. The molecule has 0 radical (unpaired) electrons. The van der Waals surface area contributed by atoms with Gasteiger partial charge in [-0.3, -0.25) is 9.89 Å². The lowest BCUT2D eigenvalue weighted by Gasteiger charge is -2.24. The largest absolute Gasteiger partial charge is 0.282 e. The van der Waals surface area contributed by atoms with Crippen molar-refractivity contribution in [3.8, 4) is 0 Å². The molecule has 0 aromatic heterocycles. The summed E-state index contributed by atoms with van der Waals surface area (Å²) in [6, 6.07) is 10.7. The maximum atomic E-state index is 5.04. The quantitative estimate of drug-likeness (QED) is 0.776. The number of nitrogens with zero attached hydrogens (tertiary/aromatic N) is 2. The standard InChI is InChI=1S/C16H22N2/c1-16(2)12-14(18-10-6-7-11-18)17-15(16)13-8-4-3-5-9-13/h3-5,8-9,14H,6-7,10-12H2,1-2H3. The van der Waals surface area contributed by atoms with Gasteiger partial charge in [-0.15, -0.1) is 0 Å². The first kappa shape index (κ1) is 11.9. The van der Waals surface area contributed by atoms with Gasteiger partial charge in [0, 0.05) is 24.2 Å². The predicted molar refractivity (Wildman–Crippen MR) is 76.0 cm³/mol. The van der Waals surface area contributed by atoms with Crippen LogP contribution in [0.15, 0.2) is 35.3 Å². The third-order valence-corrected chi connectivity index (χ3v) is 4.22. The smallest absolute Gasteiger partial charge is 0.103 e. The Morgan fingerprint density at radius 1 is 1.11 bits per heavy atom. The van der Waals surface area contributed by atoms with Crippen molar-refractivity contribution in [3.05, 3.63) is 35.9 Å². The molecule has 1 aromatic rings. The Morgan fingerprint density at radius 2 is 1.78 bits per heavy atom. The molecule has 0 saturated carbocycles. The Morgan fingerprint density at radius 3 is 2.44 bits per heavy atom. The zero-order chi connectivity index (χ0) is 12.6. The minimum atomic E-state index is 0.203. The van der Waals surface area contributed by atoms with Gasteiger partial charge in [-0.1, -0.05) is 44.2 Å². The summed E-state index contributed by atoms with van der Waals surface area (Å²) in [4.78, 5) is 7.59. The third-order valence-electron chi connectivity index (χ3n) is 4.22. The number of aliphatic imine (C=N–C) groups is 1. The van der Waals surface area contributed by atoms with Gasteiger partial charge in [0.15, 0.2) is 0 Å². The fraction of sp³-hybridized carbons (Fsp3) is 0.562. The maximum Gasteiger partial charge on any atom is 0.103 e. The zero-order valence-electron chi connectivity index (χ0n) is 11.4. The molecule has 2 heterocycles. The van der Waals surface area contributed by atoms with Gasteiger partial charge in [0.2, 0.25) is 0 Å². The van der Waals surface area contributed by atoms with Crippen molar-refractivity contribution < 1.29 is 0 Å². The van der Waals surface area contributed by atoms with Crippen LogP contribution in [0.5, 0.6) is 0 Å². The van der Waals surface area contributed by atoms with Crippen molar-refractivity contribution in [2.75, 3.05) is 13.1 Å². The first-order valence-electron chi connectivity index (χ1n) is 7.04. The Balaban J connectivity index is 1.89. The van der Waals surface area contributed by atoms with Gasteiger partial charge in [0.05, 0.1) is 0 Å². The molecule has 2 aliphatic heterocycles. The lowest BCUT2D eigenvalue weighted by molar-refractivity contribution is 0.224. The average Bonchev–Trinajstić information content (AvgIpc) is 2.97. The molecule has 2 aliphatic rings. The van der Waals surface area contributed by atoms with Crippen LogP contribution in [0.25, 0.3) is 0 Å². The zero-order valence-corrected chi connectivity index (χ0v) is 11.4. The molecular formula is C16H22N2. The Kier molecular flexibility index (Phi) is 2.98. The van der Waals surface area contributed by atoms with E-state index in [-0.39, 0.29) is 5.41 Å². The third kappa shape index (κ3) is 2.10. The summed E-state index contributed by atoms with van der Waals surface area (Å²) in [7, 11) is 0. The summed E-state index contributed by atoms with van der Waals surface area (Å²) in [6.45, 7) is 7.11. The van der Waals surface area contributed by atoms with E-state index in [1.807, 2.05) is 0 Å². The topological polar surface area (TPSA) is 15.6 Å². The van der Waals surface area contributed by atoms with Gasteiger partial charge in [-0.2, -0.15) is 0 Å². The molecule has 0 bridgehead atoms. The Hall–Kier alpha value is -1.15. The van der Waals surface area contributed by atoms with Gasteiger partial charge in [0.25, 0.3) is 0 Å². The van der Waals surface area contributed by atoms with Crippen molar-refractivity contribution >= 4 is 5.71 Å². The van der Waals surface area contributed by atoms with Crippen LogP contribution >= 0.6 is 0 Å². The van der Waals surface area contributed by atoms with E-state index < -0.39 is 0 Å². The van der Waals surface area contributed by atoms with Crippen LogP contribution in [-0.4, -0.2) is 29.9 Å². The fourth-order valence-electron chi connectivity index (χ4n) is 3.23. The van der Waals surface area contributed by atoms with E-state index in [1.54, 1.807) is 0 Å². The molecule has 0 spiro atoms. The van der Waals surface area contributed by atoms with Gasteiger partial charge in [-0.05, 0) is 24.8 Å². The van der Waals surface area contributed by atoms with Gasteiger partial charge in [0.1, 0.15) is 6.17 Å². The second-order valence-corrected chi connectivity index (χ2v) is 6.16. The van der Waals surface area contributed by atoms with Gasteiger partial charge >= 0.3 is 0 Å². The first-order valence-corrected chi connectivity index (χ1v) is 7.04. The highest BCUT2D eigenvalue weighted by atomic mass is 15.3. The van der Waals surface area contributed by atoms with Crippen LogP contribution in [0, 0.1) is 5.41 Å². The van der Waals surface area contributed by atoms with E-state index in [2.05, 4.69) is 49.1 Å². The summed E-state index contributed by atoms with van der Waals surface area (Å²) in [5.41, 5.74) is 2.79. The second-order valence-electron chi connectivity index (χ2n) is 6.16. The van der Waals surface area contributed by atoms with Crippen LogP contribution in [0.1, 0.15) is 38.7 Å². The Labute approximate surface area is 110 Å². The van der Waals surface area contributed by atoms with Crippen LogP contribution in [0.4, 0.5) is 0 Å². The highest BCUT2D eigenvalue weighted by Gasteiger charge is 2.38. The molecule has 1 aromatic carbocycles. The van der Waals surface area contributed by atoms with Crippen LogP contribution < -0.4 is 0 Å². The minimum Gasteiger partial charge on any atom is -0.282 e. The number of hydrogen-bond acceptors (Lipinski definition) is 2. The van der Waals surface area contributed by atoms with E-state index in [9.17, 15) is 0 Å². The molecule has 18 heavy (non-hydrogen) atoms. The molecule has 2 nitrogen and oxygen atoms in total. The molecule has 96 valence electrons. The lowest BCUT2D eigenvalue weighted by atomic mass is 9.82. The second kappa shape index (κ2) is 4.51. The van der Waals surface area contributed by atoms with Crippen molar-refractivity contribution in [2.45, 2.75) is 39.3 Å². The summed E-state index contributed by atoms with van der Waals surface area (Å²) < 4.78 is 0. The number of benzene rings is 1. The number of rotatable bonds is 2. The average molecular weight is 242 g/mol. The predicted octanol–water partition coefficient (Wildman–Crippen LogP) is 3.33. The SMILES string of the molecule is CC1(C)CC(N2CCCC2)N=C1c1ccccc1. The van der Waals surface area contributed by atoms with Gasteiger partial charge in [-0.25, -0.2) is 0 Å². The van der Waals surface area contributed by atoms with Crippen molar-refractivity contribution in [2.24, 2.45) is 10.4 Å². The van der Waals surface area contributed by atoms with Crippen molar-refractivity contribution in [1.29, 1.82) is 0 Å². The monoisotopic (exact) mass is 242 g/mol. The minimum absolute atomic E-state index is 0.203. The van der Waals surface area contributed by atoms with Gasteiger partial charge < -0.3 is 0 Å². The molecule has 3 rings (SSSR count). The van der Waals surface area contributed by atoms with Crippen molar-refractivity contribution in [1.82, 2.24) is 4.90 Å². The molecule has 0 aliphatic carbocycles. The first-order chi connectivity index (χ1) is 8.67. The summed E-state index contributed by atoms with van der Waals surface area (Å²) in [5.74, 6) is 0. The molecule has 1 unspecified atom stereocenters. The Bertz CT molecular complexity index is 441. The highest BCUT2D eigenvalue weighted by Crippen LogP contribution is 2.37. The summed E-state index contributed by atoms with van der Waals surface area (Å²) >= 11 is 0. The molecule has 0 amide bonds. The van der Waals surface area contributed by atoms with Crippen LogP contribution in [0.3, 0.4) is 0 Å². The van der Waals surface area contributed by atoms with Crippen LogP contribution in [0.2, 0.25) is 0 Å². The maximum absolute atomic E-state index is 5.04. The molecule has 1 saturated heterocycles. The molecule has 1 atom stereocenters. The van der Waals surface area contributed by atoms with E-state index in [1.165, 1.54) is 37.2 Å². The molecule has 1 fully saturated rings. The number of likely N-dealkylation sites (tertiary alicyclic amines) is 1. The summed E-state index contributed by atoms with van der Waals surface area (Å²) in [6.07, 6.45) is 4.26. The van der Waals surface area contributed by atoms with Crippen LogP contribution in [-0.2, 0) is 0 Å². The lowest BCUT2D eigenvalue weighted by Crippen LogP contribution is -2.31. The number of hydrogen-bond donors (Lipinski definition) is 0. The van der Waals surface area contributed by atoms with E-state index in [4.69, 9.17) is 4.99 Å². The fourth-order valence-corrected chi connectivity index (χ4v) is 3.23. The van der Waals surface area contributed by atoms with E-state index in [0.29, 0.717) is 6.17 Å². The normalized spacial score (nSPS) is 27.4. The summed E-state index contributed by atoms with van der Waals surface area (Å²) in [5, 5.41) is 0. The van der Waals surface area contributed by atoms with Crippen molar-refractivity contribution in [3.63, 3.8) is 0 Å². The van der Waals surface area contributed by atoms with E-state index >= 15 is 0 Å². The molecule has 2 heteroatoms. The highest BCUT2D eigenvalue weighted by molar-refractivity contribution is 6.05. The molecule has 0 N–H and O–H groups in total.